The van der Waals surface area contributed by atoms with E-state index < -0.39 is 0 Å². The zero-order chi connectivity index (χ0) is 19.3. The summed E-state index contributed by atoms with van der Waals surface area (Å²) >= 11 is 0. The first kappa shape index (κ1) is 19.1. The van der Waals surface area contributed by atoms with Gasteiger partial charge in [0.05, 0.1) is 6.04 Å². The molecule has 1 atom stereocenters. The maximum atomic E-state index is 13.3. The minimum atomic E-state index is 0.0336. The average molecular weight is 379 g/mol. The Balaban J connectivity index is 1.39. The third kappa shape index (κ3) is 4.25. The summed E-state index contributed by atoms with van der Waals surface area (Å²) in [5.74, 6) is 0.771. The molecule has 0 aliphatic carbocycles. The zero-order valence-electron chi connectivity index (χ0n) is 16.8. The zero-order valence-corrected chi connectivity index (χ0v) is 16.8. The van der Waals surface area contributed by atoms with Gasteiger partial charge in [-0.1, -0.05) is 36.8 Å². The molecule has 2 aliphatic heterocycles. The number of benzene rings is 1. The lowest BCUT2D eigenvalue weighted by Crippen LogP contribution is -2.52. The summed E-state index contributed by atoms with van der Waals surface area (Å²) in [5.41, 5.74) is 3.61. The van der Waals surface area contributed by atoms with Crippen molar-refractivity contribution < 1.29 is 4.79 Å². The van der Waals surface area contributed by atoms with Crippen LogP contribution in [0.15, 0.2) is 42.9 Å². The second-order valence-corrected chi connectivity index (χ2v) is 8.16. The van der Waals surface area contributed by atoms with E-state index in [-0.39, 0.29) is 6.04 Å². The smallest absolute Gasteiger partial charge is 0.239 e. The molecule has 3 heterocycles. The molecule has 0 radical (unpaired) electrons. The molecule has 0 spiro atoms. The molecule has 148 valence electrons. The normalized spacial score (nSPS) is 21.6. The van der Waals surface area contributed by atoms with E-state index in [9.17, 15) is 4.79 Å². The van der Waals surface area contributed by atoms with E-state index in [1.54, 1.807) is 6.33 Å². The summed E-state index contributed by atoms with van der Waals surface area (Å²) in [5, 5.41) is 0. The Bertz CT molecular complexity index is 786. The molecule has 5 heteroatoms. The SMILES string of the molecule is Cc1cncnc1C1CCN(C(=O)C2CCCCN2Cc2ccccc2)CC1. The van der Waals surface area contributed by atoms with Crippen molar-refractivity contribution >= 4 is 5.91 Å². The van der Waals surface area contributed by atoms with E-state index in [0.717, 1.165) is 63.1 Å². The molecule has 4 rings (SSSR count). The predicted octanol–water partition coefficient (Wildman–Crippen LogP) is 3.55. The molecule has 1 aromatic carbocycles. The van der Waals surface area contributed by atoms with Crippen LogP contribution in [0.2, 0.25) is 0 Å². The molecule has 1 aromatic heterocycles. The van der Waals surface area contributed by atoms with E-state index in [4.69, 9.17) is 0 Å². The van der Waals surface area contributed by atoms with Gasteiger partial charge in [0.1, 0.15) is 6.33 Å². The number of aryl methyl sites for hydroxylation is 1. The molecule has 0 saturated carbocycles. The van der Waals surface area contributed by atoms with E-state index in [1.807, 2.05) is 12.3 Å². The lowest BCUT2D eigenvalue weighted by atomic mass is 9.90. The van der Waals surface area contributed by atoms with Gasteiger partial charge in [-0.3, -0.25) is 9.69 Å². The average Bonchev–Trinajstić information content (AvgIpc) is 2.75. The van der Waals surface area contributed by atoms with Gasteiger partial charge in [-0.05, 0) is 50.3 Å². The summed E-state index contributed by atoms with van der Waals surface area (Å²) in [7, 11) is 0. The molecule has 28 heavy (non-hydrogen) atoms. The highest BCUT2D eigenvalue weighted by atomic mass is 16.2. The number of likely N-dealkylation sites (tertiary alicyclic amines) is 2. The van der Waals surface area contributed by atoms with Gasteiger partial charge in [-0.2, -0.15) is 0 Å². The Kier molecular flexibility index (Phi) is 6.01. The van der Waals surface area contributed by atoms with Crippen molar-refractivity contribution in [1.29, 1.82) is 0 Å². The summed E-state index contributed by atoms with van der Waals surface area (Å²) in [6, 6.07) is 10.6. The maximum absolute atomic E-state index is 13.3. The monoisotopic (exact) mass is 378 g/mol. The summed E-state index contributed by atoms with van der Waals surface area (Å²) in [6.45, 7) is 5.64. The number of carbonyl (C=O) groups is 1. The van der Waals surface area contributed by atoms with Gasteiger partial charge in [0.2, 0.25) is 5.91 Å². The second kappa shape index (κ2) is 8.82. The van der Waals surface area contributed by atoms with Crippen molar-refractivity contribution in [2.75, 3.05) is 19.6 Å². The fraction of sp³-hybridized carbons (Fsp3) is 0.522. The largest absolute Gasteiger partial charge is 0.341 e. The number of hydrogen-bond donors (Lipinski definition) is 0. The molecule has 2 fully saturated rings. The molecular formula is C23H30N4O. The highest BCUT2D eigenvalue weighted by Crippen LogP contribution is 2.30. The van der Waals surface area contributed by atoms with Crippen LogP contribution in [0.1, 0.15) is 54.8 Å². The quantitative estimate of drug-likeness (QED) is 0.816. The Labute approximate surface area is 167 Å². The van der Waals surface area contributed by atoms with Gasteiger partial charge < -0.3 is 4.90 Å². The van der Waals surface area contributed by atoms with Crippen molar-refractivity contribution in [1.82, 2.24) is 19.8 Å². The number of carbonyl (C=O) groups excluding carboxylic acids is 1. The van der Waals surface area contributed by atoms with Crippen LogP contribution >= 0.6 is 0 Å². The Hall–Kier alpha value is -2.27. The first-order valence-corrected chi connectivity index (χ1v) is 10.6. The standard InChI is InChI=1S/C23H30N4O/c1-18-15-24-17-25-22(18)20-10-13-26(14-11-20)23(28)21-9-5-6-12-27(21)16-19-7-3-2-4-8-19/h2-4,7-8,15,17,20-21H,5-6,9-14,16H2,1H3. The number of rotatable bonds is 4. The first-order valence-electron chi connectivity index (χ1n) is 10.6. The number of piperidine rings is 2. The third-order valence-electron chi connectivity index (χ3n) is 6.26. The Morgan fingerprint density at radius 1 is 1.07 bits per heavy atom. The maximum Gasteiger partial charge on any atom is 0.239 e. The summed E-state index contributed by atoms with van der Waals surface area (Å²) in [4.78, 5) is 26.4. The van der Waals surface area contributed by atoms with Gasteiger partial charge >= 0.3 is 0 Å². The van der Waals surface area contributed by atoms with Crippen LogP contribution in [-0.4, -0.2) is 51.4 Å². The number of aromatic nitrogens is 2. The Morgan fingerprint density at radius 3 is 2.61 bits per heavy atom. The van der Waals surface area contributed by atoms with Crippen molar-refractivity contribution in [3.63, 3.8) is 0 Å². The van der Waals surface area contributed by atoms with Gasteiger partial charge in [0.25, 0.3) is 0 Å². The van der Waals surface area contributed by atoms with Crippen molar-refractivity contribution in [2.24, 2.45) is 0 Å². The fourth-order valence-electron chi connectivity index (χ4n) is 4.70. The predicted molar refractivity (Wildman–Crippen MR) is 110 cm³/mol. The third-order valence-corrected chi connectivity index (χ3v) is 6.26. The molecule has 1 amide bonds. The number of hydrogen-bond acceptors (Lipinski definition) is 4. The highest BCUT2D eigenvalue weighted by Gasteiger charge is 2.34. The molecule has 2 saturated heterocycles. The van der Waals surface area contributed by atoms with Gasteiger partial charge in [-0.15, -0.1) is 0 Å². The van der Waals surface area contributed by atoms with Crippen LogP contribution in [0, 0.1) is 6.92 Å². The lowest BCUT2D eigenvalue weighted by Gasteiger charge is -2.40. The van der Waals surface area contributed by atoms with E-state index in [1.165, 1.54) is 12.0 Å². The van der Waals surface area contributed by atoms with E-state index in [2.05, 4.69) is 51.0 Å². The molecule has 2 aliphatic rings. The van der Waals surface area contributed by atoms with Crippen molar-refractivity contribution in [3.05, 3.63) is 59.7 Å². The fourth-order valence-corrected chi connectivity index (χ4v) is 4.70. The van der Waals surface area contributed by atoms with Crippen LogP contribution in [-0.2, 0) is 11.3 Å². The van der Waals surface area contributed by atoms with Crippen LogP contribution in [0.25, 0.3) is 0 Å². The molecule has 0 N–H and O–H groups in total. The Morgan fingerprint density at radius 2 is 1.86 bits per heavy atom. The van der Waals surface area contributed by atoms with Crippen molar-refractivity contribution in [2.45, 2.75) is 57.5 Å². The molecule has 1 unspecified atom stereocenters. The van der Waals surface area contributed by atoms with Crippen LogP contribution < -0.4 is 0 Å². The summed E-state index contributed by atoms with van der Waals surface area (Å²) in [6.07, 6.45) is 8.84. The molecule has 2 aromatic rings. The van der Waals surface area contributed by atoms with Gasteiger partial charge in [-0.25, -0.2) is 9.97 Å². The van der Waals surface area contributed by atoms with Crippen molar-refractivity contribution in [3.8, 4) is 0 Å². The first-order chi connectivity index (χ1) is 13.7. The molecular weight excluding hydrogens is 348 g/mol. The molecule has 5 nitrogen and oxygen atoms in total. The van der Waals surface area contributed by atoms with E-state index >= 15 is 0 Å². The lowest BCUT2D eigenvalue weighted by molar-refractivity contribution is -0.139. The number of amides is 1. The minimum Gasteiger partial charge on any atom is -0.341 e. The van der Waals surface area contributed by atoms with Crippen LogP contribution in [0.4, 0.5) is 0 Å². The van der Waals surface area contributed by atoms with Crippen LogP contribution in [0.5, 0.6) is 0 Å². The minimum absolute atomic E-state index is 0.0336. The van der Waals surface area contributed by atoms with Crippen LogP contribution in [0.3, 0.4) is 0 Å². The van der Waals surface area contributed by atoms with Gasteiger partial charge in [0.15, 0.2) is 0 Å². The van der Waals surface area contributed by atoms with Gasteiger partial charge in [0, 0.05) is 37.4 Å². The number of nitrogens with zero attached hydrogens (tertiary/aromatic N) is 4. The highest BCUT2D eigenvalue weighted by molar-refractivity contribution is 5.82. The topological polar surface area (TPSA) is 49.3 Å². The summed E-state index contributed by atoms with van der Waals surface area (Å²) < 4.78 is 0. The molecule has 0 bridgehead atoms. The van der Waals surface area contributed by atoms with E-state index in [0.29, 0.717) is 11.8 Å². The second-order valence-electron chi connectivity index (χ2n) is 8.16.